The van der Waals surface area contributed by atoms with E-state index >= 15 is 0 Å². The number of carboxylic acid groups (broad SMARTS) is 1. The van der Waals surface area contributed by atoms with Crippen molar-refractivity contribution in [2.75, 3.05) is 0 Å². The lowest BCUT2D eigenvalue weighted by Crippen LogP contribution is -2.57. The zero-order chi connectivity index (χ0) is 14.2. The standard InChI is InChI=1S/C12H20N2O5/c1-6(15)10(11(17)18)13-12(19)14-7-2-3-8(14)5-9(16)4-7/h6-10,15-16H,2-5H2,1H3,(H,13,19)(H,17,18)/t6-,7?,8?,9?,10+/m1/s1. The molecule has 2 bridgehead atoms. The van der Waals surface area contributed by atoms with E-state index in [0.29, 0.717) is 12.8 Å². The SMILES string of the molecule is C[C@@H](O)[C@H](NC(=O)N1C2CCC1CC(O)C2)C(=O)O. The van der Waals surface area contributed by atoms with Gasteiger partial charge in [-0.25, -0.2) is 9.59 Å². The summed E-state index contributed by atoms with van der Waals surface area (Å²) in [5.74, 6) is -1.26. The van der Waals surface area contributed by atoms with Crippen LogP contribution in [0.1, 0.15) is 32.6 Å². The molecular formula is C12H20N2O5. The molecule has 2 amide bonds. The lowest BCUT2D eigenvalue weighted by atomic mass is 10.0. The van der Waals surface area contributed by atoms with Gasteiger partial charge in [0.2, 0.25) is 0 Å². The molecule has 2 heterocycles. The number of aliphatic carboxylic acids is 1. The van der Waals surface area contributed by atoms with E-state index in [1.807, 2.05) is 0 Å². The fourth-order valence-electron chi connectivity index (χ4n) is 3.08. The van der Waals surface area contributed by atoms with Crippen molar-refractivity contribution in [3.8, 4) is 0 Å². The Hall–Kier alpha value is -1.34. The van der Waals surface area contributed by atoms with Crippen molar-refractivity contribution in [2.24, 2.45) is 0 Å². The Balaban J connectivity index is 2.02. The first-order chi connectivity index (χ1) is 8.90. The summed E-state index contributed by atoms with van der Waals surface area (Å²) in [5, 5.41) is 30.3. The maximum absolute atomic E-state index is 12.1. The summed E-state index contributed by atoms with van der Waals surface area (Å²) in [7, 11) is 0. The number of carbonyl (C=O) groups excluding carboxylic acids is 1. The Morgan fingerprint density at radius 1 is 1.26 bits per heavy atom. The second-order valence-corrected chi connectivity index (χ2v) is 5.42. The molecule has 0 aromatic heterocycles. The fraction of sp³-hybridized carbons (Fsp3) is 0.833. The number of rotatable bonds is 3. The minimum absolute atomic E-state index is 0.0304. The van der Waals surface area contributed by atoms with E-state index in [1.165, 1.54) is 6.92 Å². The average Bonchev–Trinajstić information content (AvgIpc) is 2.57. The van der Waals surface area contributed by atoms with Gasteiger partial charge in [0.1, 0.15) is 0 Å². The first-order valence-corrected chi connectivity index (χ1v) is 6.58. The molecule has 7 nitrogen and oxygen atoms in total. The van der Waals surface area contributed by atoms with Crippen molar-refractivity contribution in [2.45, 2.75) is 62.9 Å². The van der Waals surface area contributed by atoms with Gasteiger partial charge in [0.25, 0.3) is 0 Å². The molecule has 2 fully saturated rings. The Morgan fingerprint density at radius 2 is 1.79 bits per heavy atom. The number of carbonyl (C=O) groups is 2. The topological polar surface area (TPSA) is 110 Å². The van der Waals surface area contributed by atoms with Crippen LogP contribution in [-0.4, -0.2) is 62.6 Å². The summed E-state index contributed by atoms with van der Waals surface area (Å²) >= 11 is 0. The first kappa shape index (κ1) is 14.1. The summed E-state index contributed by atoms with van der Waals surface area (Å²) in [6, 6.07) is -1.83. The molecule has 0 aromatic rings. The fourth-order valence-corrected chi connectivity index (χ4v) is 3.08. The molecule has 0 spiro atoms. The lowest BCUT2D eigenvalue weighted by molar-refractivity contribution is -0.141. The molecule has 0 radical (unpaired) electrons. The van der Waals surface area contributed by atoms with Gasteiger partial charge in [-0.2, -0.15) is 0 Å². The molecule has 0 aromatic carbocycles. The van der Waals surface area contributed by atoms with Gasteiger partial charge >= 0.3 is 12.0 Å². The number of fused-ring (bicyclic) bond motifs is 2. The number of piperidine rings is 1. The summed E-state index contributed by atoms with van der Waals surface area (Å²) in [4.78, 5) is 24.7. The second kappa shape index (κ2) is 5.34. The Morgan fingerprint density at radius 3 is 2.21 bits per heavy atom. The number of nitrogens with zero attached hydrogens (tertiary/aromatic N) is 1. The van der Waals surface area contributed by atoms with Crippen LogP contribution < -0.4 is 5.32 Å². The predicted octanol–water partition coefficient (Wildman–Crippen LogP) is -0.482. The number of aliphatic hydroxyl groups is 2. The highest BCUT2D eigenvalue weighted by Crippen LogP contribution is 2.35. The van der Waals surface area contributed by atoms with Crippen molar-refractivity contribution in [1.82, 2.24) is 10.2 Å². The van der Waals surface area contributed by atoms with E-state index in [0.717, 1.165) is 12.8 Å². The number of amides is 2. The molecular weight excluding hydrogens is 252 g/mol. The number of urea groups is 1. The van der Waals surface area contributed by atoms with Gasteiger partial charge in [-0.15, -0.1) is 0 Å². The minimum atomic E-state index is -1.31. The van der Waals surface area contributed by atoms with Gasteiger partial charge in [-0.1, -0.05) is 0 Å². The molecule has 2 rings (SSSR count). The monoisotopic (exact) mass is 272 g/mol. The van der Waals surface area contributed by atoms with Crippen LogP contribution in [0.2, 0.25) is 0 Å². The predicted molar refractivity (Wildman–Crippen MR) is 65.5 cm³/mol. The van der Waals surface area contributed by atoms with Crippen molar-refractivity contribution in [3.05, 3.63) is 0 Å². The summed E-state index contributed by atoms with van der Waals surface area (Å²) < 4.78 is 0. The van der Waals surface area contributed by atoms with Crippen molar-refractivity contribution in [1.29, 1.82) is 0 Å². The van der Waals surface area contributed by atoms with Crippen LogP contribution in [-0.2, 0) is 4.79 Å². The molecule has 0 aliphatic carbocycles. The molecule has 2 unspecified atom stereocenters. The molecule has 2 saturated heterocycles. The Bertz CT molecular complexity index is 359. The van der Waals surface area contributed by atoms with E-state index in [-0.39, 0.29) is 18.2 Å². The smallest absolute Gasteiger partial charge is 0.328 e. The van der Waals surface area contributed by atoms with Crippen molar-refractivity contribution >= 4 is 12.0 Å². The first-order valence-electron chi connectivity index (χ1n) is 6.58. The maximum atomic E-state index is 12.1. The van der Waals surface area contributed by atoms with Gasteiger partial charge in [0, 0.05) is 12.1 Å². The highest BCUT2D eigenvalue weighted by atomic mass is 16.4. The van der Waals surface area contributed by atoms with Gasteiger partial charge in [-0.05, 0) is 32.6 Å². The third-order valence-electron chi connectivity index (χ3n) is 3.97. The van der Waals surface area contributed by atoms with Gasteiger partial charge in [0.15, 0.2) is 6.04 Å². The Kier molecular flexibility index (Phi) is 3.96. The number of aliphatic hydroxyl groups excluding tert-OH is 2. The van der Waals surface area contributed by atoms with Crippen LogP contribution in [0.5, 0.6) is 0 Å². The second-order valence-electron chi connectivity index (χ2n) is 5.42. The van der Waals surface area contributed by atoms with Crippen LogP contribution in [0.25, 0.3) is 0 Å². The zero-order valence-electron chi connectivity index (χ0n) is 10.8. The quantitative estimate of drug-likeness (QED) is 0.554. The number of nitrogens with one attached hydrogen (secondary N) is 1. The zero-order valence-corrected chi connectivity index (χ0v) is 10.8. The van der Waals surface area contributed by atoms with Crippen LogP contribution in [0.3, 0.4) is 0 Å². The number of carboxylic acids is 1. The lowest BCUT2D eigenvalue weighted by Gasteiger charge is -2.37. The molecule has 7 heteroatoms. The Labute approximate surface area is 111 Å². The summed E-state index contributed by atoms with van der Waals surface area (Å²) in [5.41, 5.74) is 0. The van der Waals surface area contributed by atoms with E-state index < -0.39 is 24.1 Å². The third-order valence-corrected chi connectivity index (χ3v) is 3.97. The highest BCUT2D eigenvalue weighted by Gasteiger charge is 2.43. The maximum Gasteiger partial charge on any atom is 0.328 e. The molecule has 0 saturated carbocycles. The van der Waals surface area contributed by atoms with Crippen LogP contribution >= 0.6 is 0 Å². The van der Waals surface area contributed by atoms with Crippen LogP contribution in [0.15, 0.2) is 0 Å². The normalized spacial score (nSPS) is 32.8. The largest absolute Gasteiger partial charge is 0.480 e. The minimum Gasteiger partial charge on any atom is -0.480 e. The van der Waals surface area contributed by atoms with E-state index in [1.54, 1.807) is 4.90 Å². The molecule has 19 heavy (non-hydrogen) atoms. The summed E-state index contributed by atoms with van der Waals surface area (Å²) in [6.07, 6.45) is 1.21. The molecule has 4 N–H and O–H groups in total. The molecule has 2 aliphatic heterocycles. The molecule has 4 atom stereocenters. The van der Waals surface area contributed by atoms with Crippen LogP contribution in [0.4, 0.5) is 4.79 Å². The van der Waals surface area contributed by atoms with E-state index in [4.69, 9.17) is 5.11 Å². The van der Waals surface area contributed by atoms with Crippen molar-refractivity contribution in [3.63, 3.8) is 0 Å². The van der Waals surface area contributed by atoms with Gasteiger partial charge in [-0.3, -0.25) is 0 Å². The van der Waals surface area contributed by atoms with E-state index in [9.17, 15) is 19.8 Å². The third kappa shape index (κ3) is 2.82. The van der Waals surface area contributed by atoms with Gasteiger partial charge < -0.3 is 25.5 Å². The number of hydrogen-bond donors (Lipinski definition) is 4. The van der Waals surface area contributed by atoms with Crippen molar-refractivity contribution < 1.29 is 24.9 Å². The average molecular weight is 272 g/mol. The van der Waals surface area contributed by atoms with Gasteiger partial charge in [0.05, 0.1) is 12.2 Å². The van der Waals surface area contributed by atoms with Crippen LogP contribution in [0, 0.1) is 0 Å². The molecule has 108 valence electrons. The molecule has 2 aliphatic rings. The summed E-state index contributed by atoms with van der Waals surface area (Å²) in [6.45, 7) is 1.33. The number of hydrogen-bond acceptors (Lipinski definition) is 4. The highest BCUT2D eigenvalue weighted by molar-refractivity contribution is 5.83. The van der Waals surface area contributed by atoms with E-state index in [2.05, 4.69) is 5.32 Å².